The number of nitrogens with one attached hydrogen (secondary N) is 1. The number of H-pyrrole nitrogens is 1. The van der Waals surface area contributed by atoms with Crippen LogP contribution in [-0.4, -0.2) is 9.55 Å². The number of aromatic nitrogens is 2. The molecule has 1 N–H and O–H groups in total. The fourth-order valence-electron chi connectivity index (χ4n) is 11.3. The third-order valence-electron chi connectivity index (χ3n) is 14.0. The van der Waals surface area contributed by atoms with Crippen molar-refractivity contribution in [3.63, 3.8) is 0 Å². The standard InChI is InChI=1S/C61H38N2O/c1-3-18-42(19-4-1)61(43-20-5-2-6-21-43)52-27-13-11-25-49(52)58-50(26-15-28-53(58)61)59-47-23-9-10-24-48(47)60(62-59)63-54-36-40(41-31-33-46-45-22-12-14-29-56(45)64-57(46)37-41)30-32-44(54)51-34-38-16-7-8-17-39(38)35-55(51)63/h1-37,62H. The van der Waals surface area contributed by atoms with Crippen molar-refractivity contribution in [1.29, 1.82) is 0 Å². The number of rotatable bonds is 5. The van der Waals surface area contributed by atoms with Crippen LogP contribution in [0.25, 0.3) is 105 Å². The number of hydrogen-bond acceptors (Lipinski definition) is 1. The Morgan fingerprint density at radius 3 is 1.75 bits per heavy atom. The van der Waals surface area contributed by atoms with Crippen molar-refractivity contribution in [2.75, 3.05) is 0 Å². The van der Waals surface area contributed by atoms with Crippen molar-refractivity contribution in [2.45, 2.75) is 5.41 Å². The molecule has 0 atom stereocenters. The molecule has 13 aromatic rings. The van der Waals surface area contributed by atoms with Crippen molar-refractivity contribution in [3.8, 4) is 39.3 Å². The first-order valence-corrected chi connectivity index (χ1v) is 22.1. The first-order chi connectivity index (χ1) is 31.7. The molecular weight excluding hydrogens is 777 g/mol. The minimum absolute atomic E-state index is 0.495. The summed E-state index contributed by atoms with van der Waals surface area (Å²) < 4.78 is 8.86. The van der Waals surface area contributed by atoms with Gasteiger partial charge in [-0.3, -0.25) is 4.57 Å². The fraction of sp³-hybridized carbons (Fsp3) is 0.0164. The van der Waals surface area contributed by atoms with E-state index in [1.54, 1.807) is 0 Å². The molecule has 3 aromatic heterocycles. The van der Waals surface area contributed by atoms with E-state index in [2.05, 4.69) is 222 Å². The molecule has 0 spiro atoms. The molecule has 0 saturated heterocycles. The largest absolute Gasteiger partial charge is 0.456 e. The van der Waals surface area contributed by atoms with Gasteiger partial charge in [-0.25, -0.2) is 0 Å². The molecule has 1 aliphatic carbocycles. The molecule has 0 bridgehead atoms. The van der Waals surface area contributed by atoms with E-state index in [9.17, 15) is 0 Å². The van der Waals surface area contributed by atoms with Crippen LogP contribution in [-0.2, 0) is 5.41 Å². The Hall–Kier alpha value is -8.40. The lowest BCUT2D eigenvalue weighted by atomic mass is 9.67. The number of aromatic amines is 1. The van der Waals surface area contributed by atoms with Crippen molar-refractivity contribution < 1.29 is 4.42 Å². The van der Waals surface area contributed by atoms with Crippen LogP contribution in [0.5, 0.6) is 0 Å². The minimum atomic E-state index is -0.495. The van der Waals surface area contributed by atoms with Gasteiger partial charge in [0, 0.05) is 37.9 Å². The SMILES string of the molecule is c1ccc(C2(c3ccccc3)c3ccccc3-c3c(-c4[nH]c(-n5c6cc(-c7ccc8c(c7)oc7ccccc78)ccc6c6cc7ccccc7cc65)c5ccccc45)cccc32)cc1. The molecule has 0 aliphatic heterocycles. The Kier molecular flexibility index (Phi) is 7.32. The van der Waals surface area contributed by atoms with Crippen LogP contribution in [0.2, 0.25) is 0 Å². The Balaban J connectivity index is 1.04. The predicted octanol–water partition coefficient (Wildman–Crippen LogP) is 16.0. The van der Waals surface area contributed by atoms with Gasteiger partial charge in [0.1, 0.15) is 17.0 Å². The van der Waals surface area contributed by atoms with Crippen LogP contribution < -0.4 is 0 Å². The first-order valence-electron chi connectivity index (χ1n) is 22.1. The predicted molar refractivity (Wildman–Crippen MR) is 266 cm³/mol. The summed E-state index contributed by atoms with van der Waals surface area (Å²) >= 11 is 0. The van der Waals surface area contributed by atoms with Gasteiger partial charge in [0.2, 0.25) is 0 Å². The summed E-state index contributed by atoms with van der Waals surface area (Å²) in [7, 11) is 0. The molecule has 0 saturated carbocycles. The first kappa shape index (κ1) is 35.2. The molecule has 3 nitrogen and oxygen atoms in total. The smallest absolute Gasteiger partial charge is 0.136 e. The van der Waals surface area contributed by atoms with Crippen molar-refractivity contribution in [2.24, 2.45) is 0 Å². The quantitative estimate of drug-likeness (QED) is 0.184. The van der Waals surface area contributed by atoms with Gasteiger partial charge in [0.25, 0.3) is 0 Å². The zero-order valence-electron chi connectivity index (χ0n) is 34.7. The molecule has 14 rings (SSSR count). The maximum atomic E-state index is 6.39. The molecule has 64 heavy (non-hydrogen) atoms. The second-order valence-corrected chi connectivity index (χ2v) is 17.2. The van der Waals surface area contributed by atoms with Crippen molar-refractivity contribution in [3.05, 3.63) is 247 Å². The van der Waals surface area contributed by atoms with E-state index in [4.69, 9.17) is 4.42 Å². The molecule has 3 heterocycles. The number of furan rings is 1. The molecule has 0 fully saturated rings. The van der Waals surface area contributed by atoms with Crippen LogP contribution in [0.3, 0.4) is 0 Å². The maximum absolute atomic E-state index is 6.39. The molecule has 0 amide bonds. The minimum Gasteiger partial charge on any atom is -0.456 e. The van der Waals surface area contributed by atoms with Crippen molar-refractivity contribution >= 4 is 65.3 Å². The normalized spacial score (nSPS) is 13.1. The lowest BCUT2D eigenvalue weighted by molar-refractivity contribution is 0.669. The molecule has 0 radical (unpaired) electrons. The number of fused-ring (bicyclic) bond motifs is 11. The summed E-state index contributed by atoms with van der Waals surface area (Å²) in [5, 5.41) is 9.48. The van der Waals surface area contributed by atoms with Gasteiger partial charge in [-0.05, 0) is 91.7 Å². The van der Waals surface area contributed by atoms with E-state index in [0.29, 0.717) is 0 Å². The fourth-order valence-corrected chi connectivity index (χ4v) is 11.3. The number of para-hydroxylation sites is 1. The van der Waals surface area contributed by atoms with Crippen LogP contribution in [0.4, 0.5) is 0 Å². The van der Waals surface area contributed by atoms with Crippen molar-refractivity contribution in [1.82, 2.24) is 9.55 Å². The van der Waals surface area contributed by atoms with Gasteiger partial charge in [-0.2, -0.15) is 0 Å². The Labute approximate surface area is 369 Å². The summed E-state index contributed by atoms with van der Waals surface area (Å²) in [6.07, 6.45) is 0. The second kappa shape index (κ2) is 13.3. The Bertz CT molecular complexity index is 3980. The number of nitrogens with zero attached hydrogens (tertiary/aromatic N) is 1. The third-order valence-corrected chi connectivity index (χ3v) is 14.0. The Morgan fingerprint density at radius 1 is 0.375 bits per heavy atom. The second-order valence-electron chi connectivity index (χ2n) is 17.2. The molecular formula is C61H38N2O. The third kappa shape index (κ3) is 4.81. The average molecular weight is 815 g/mol. The zero-order valence-corrected chi connectivity index (χ0v) is 34.7. The van der Waals surface area contributed by atoms with Gasteiger partial charge in [0.15, 0.2) is 0 Å². The highest BCUT2D eigenvalue weighted by Crippen LogP contribution is 2.58. The maximum Gasteiger partial charge on any atom is 0.136 e. The van der Waals surface area contributed by atoms with Gasteiger partial charge >= 0.3 is 0 Å². The topological polar surface area (TPSA) is 33.9 Å². The zero-order chi connectivity index (χ0) is 41.9. The number of benzene rings is 10. The molecule has 1 aliphatic rings. The van der Waals surface area contributed by atoms with Crippen LogP contribution in [0.1, 0.15) is 22.3 Å². The lowest BCUT2D eigenvalue weighted by Gasteiger charge is -2.33. The monoisotopic (exact) mass is 814 g/mol. The molecule has 10 aromatic carbocycles. The molecule has 0 unspecified atom stereocenters. The molecule has 298 valence electrons. The summed E-state index contributed by atoms with van der Waals surface area (Å²) in [4.78, 5) is 4.15. The Morgan fingerprint density at radius 2 is 0.953 bits per heavy atom. The summed E-state index contributed by atoms with van der Waals surface area (Å²) in [5.74, 6) is 1.05. The van der Waals surface area contributed by atoms with Gasteiger partial charge in [0.05, 0.1) is 22.1 Å². The van der Waals surface area contributed by atoms with E-state index in [1.165, 1.54) is 71.3 Å². The molecule has 3 heteroatoms. The highest BCUT2D eigenvalue weighted by molar-refractivity contribution is 6.16. The highest BCUT2D eigenvalue weighted by Gasteiger charge is 2.47. The van der Waals surface area contributed by atoms with Crippen LogP contribution >= 0.6 is 0 Å². The van der Waals surface area contributed by atoms with Crippen LogP contribution in [0.15, 0.2) is 229 Å². The van der Waals surface area contributed by atoms with E-state index < -0.39 is 5.41 Å². The van der Waals surface area contributed by atoms with Crippen LogP contribution in [0, 0.1) is 0 Å². The van der Waals surface area contributed by atoms with E-state index >= 15 is 0 Å². The van der Waals surface area contributed by atoms with Gasteiger partial charge in [-0.1, -0.05) is 188 Å². The van der Waals surface area contributed by atoms with Gasteiger partial charge in [-0.15, -0.1) is 0 Å². The van der Waals surface area contributed by atoms with E-state index in [0.717, 1.165) is 55.6 Å². The lowest BCUT2D eigenvalue weighted by Crippen LogP contribution is -2.28. The summed E-state index contributed by atoms with van der Waals surface area (Å²) in [5.41, 5.74) is 15.8. The number of hydrogen-bond donors (Lipinski definition) is 1. The summed E-state index contributed by atoms with van der Waals surface area (Å²) in [6.45, 7) is 0. The summed E-state index contributed by atoms with van der Waals surface area (Å²) in [6, 6.07) is 82.3. The highest BCUT2D eigenvalue weighted by atomic mass is 16.3. The van der Waals surface area contributed by atoms with E-state index in [1.807, 2.05) is 12.1 Å². The average Bonchev–Trinajstić information content (AvgIpc) is 4.10. The van der Waals surface area contributed by atoms with Gasteiger partial charge < -0.3 is 9.40 Å². The van der Waals surface area contributed by atoms with E-state index in [-0.39, 0.29) is 0 Å².